The van der Waals surface area contributed by atoms with Gasteiger partial charge in [-0.15, -0.1) is 6.58 Å². The average Bonchev–Trinajstić information content (AvgIpc) is 3.05. The second-order valence-electron chi connectivity index (χ2n) is 7.59. The van der Waals surface area contributed by atoms with Gasteiger partial charge in [-0.3, -0.25) is 9.69 Å². The molecule has 1 aliphatic rings. The van der Waals surface area contributed by atoms with Crippen LogP contribution in [0.5, 0.6) is 17.2 Å². The molecule has 0 aliphatic carbocycles. The molecule has 0 N–H and O–H groups in total. The molecule has 1 fully saturated rings. The third-order valence-corrected chi connectivity index (χ3v) is 6.82. The molecule has 0 radical (unpaired) electrons. The topological polar surface area (TPSA) is 48.0 Å². The summed E-state index contributed by atoms with van der Waals surface area (Å²) < 4.78 is 18.1. The van der Waals surface area contributed by atoms with E-state index in [2.05, 4.69) is 19.6 Å². The van der Waals surface area contributed by atoms with Crippen molar-refractivity contribution in [3.63, 3.8) is 0 Å². The van der Waals surface area contributed by atoms with Gasteiger partial charge >= 0.3 is 0 Å². The van der Waals surface area contributed by atoms with Crippen LogP contribution in [0.25, 0.3) is 6.08 Å². The number of halogens is 1. The molecule has 1 amide bonds. The summed E-state index contributed by atoms with van der Waals surface area (Å²) in [5.74, 6) is 1.74. The van der Waals surface area contributed by atoms with Gasteiger partial charge in [-0.1, -0.05) is 53.8 Å². The lowest BCUT2D eigenvalue weighted by Crippen LogP contribution is -2.27. The third-order valence-electron chi connectivity index (χ3n) is 5.16. The number of hydrogen-bond acceptors (Lipinski definition) is 6. The number of rotatable bonds is 11. The van der Waals surface area contributed by atoms with Gasteiger partial charge in [0, 0.05) is 13.0 Å². The molecule has 0 bridgehead atoms. The van der Waals surface area contributed by atoms with Crippen molar-refractivity contribution in [1.29, 1.82) is 0 Å². The Morgan fingerprint density at radius 1 is 1.15 bits per heavy atom. The second-order valence-corrected chi connectivity index (χ2v) is 9.68. The maximum atomic E-state index is 12.6. The molecule has 8 heteroatoms. The predicted molar refractivity (Wildman–Crippen MR) is 144 cm³/mol. The van der Waals surface area contributed by atoms with E-state index in [1.54, 1.807) is 18.2 Å². The fraction of sp³-hybridized carbons (Fsp3) is 0.308. The van der Waals surface area contributed by atoms with Crippen LogP contribution in [0.2, 0.25) is 5.02 Å². The van der Waals surface area contributed by atoms with Crippen LogP contribution in [0.3, 0.4) is 0 Å². The summed E-state index contributed by atoms with van der Waals surface area (Å²) in [5, 5.41) is 0.411. The number of hydrogen-bond donors (Lipinski definition) is 0. The number of nitrogens with zero attached hydrogens (tertiary/aromatic N) is 1. The summed E-state index contributed by atoms with van der Waals surface area (Å²) in [4.78, 5) is 14.7. The van der Waals surface area contributed by atoms with Crippen LogP contribution in [0.1, 0.15) is 30.0 Å². The van der Waals surface area contributed by atoms with Gasteiger partial charge in [0.25, 0.3) is 5.91 Å². The highest BCUT2D eigenvalue weighted by Gasteiger charge is 2.31. The minimum absolute atomic E-state index is 0.145. The van der Waals surface area contributed by atoms with E-state index < -0.39 is 0 Å². The molecule has 3 rings (SSSR count). The summed E-state index contributed by atoms with van der Waals surface area (Å²) >= 11 is 13.1. The van der Waals surface area contributed by atoms with Gasteiger partial charge in [0.05, 0.1) is 29.7 Å². The Morgan fingerprint density at radius 3 is 2.65 bits per heavy atom. The molecule has 1 aliphatic heterocycles. The maximum Gasteiger partial charge on any atom is 0.266 e. The lowest BCUT2D eigenvalue weighted by atomic mass is 10.1. The van der Waals surface area contributed by atoms with Crippen molar-refractivity contribution in [2.75, 3.05) is 26.4 Å². The van der Waals surface area contributed by atoms with Gasteiger partial charge in [-0.05, 0) is 61.7 Å². The first-order valence-electron chi connectivity index (χ1n) is 11.0. The van der Waals surface area contributed by atoms with Crippen molar-refractivity contribution in [2.45, 2.75) is 27.2 Å². The normalized spacial score (nSPS) is 14.6. The number of carbonyl (C=O) groups excluding carboxylic acids is 1. The van der Waals surface area contributed by atoms with E-state index in [4.69, 9.17) is 38.0 Å². The first-order valence-corrected chi connectivity index (χ1v) is 12.6. The fourth-order valence-electron chi connectivity index (χ4n) is 3.31. The lowest BCUT2D eigenvalue weighted by molar-refractivity contribution is -0.121. The van der Waals surface area contributed by atoms with Crippen molar-refractivity contribution >= 4 is 51.9 Å². The van der Waals surface area contributed by atoms with Gasteiger partial charge in [0.15, 0.2) is 11.5 Å². The van der Waals surface area contributed by atoms with Gasteiger partial charge in [0.2, 0.25) is 0 Å². The maximum absolute atomic E-state index is 12.6. The number of thiocarbonyl (C=S) groups is 1. The van der Waals surface area contributed by atoms with Crippen molar-refractivity contribution in [1.82, 2.24) is 4.90 Å². The van der Waals surface area contributed by atoms with E-state index in [1.165, 1.54) is 22.2 Å². The van der Waals surface area contributed by atoms with Crippen LogP contribution in [0, 0.1) is 13.8 Å². The zero-order valence-corrected chi connectivity index (χ0v) is 21.9. The molecule has 0 unspecified atom stereocenters. The highest BCUT2D eigenvalue weighted by atomic mass is 35.5. The Balaban J connectivity index is 1.67. The molecule has 0 saturated carbocycles. The van der Waals surface area contributed by atoms with E-state index in [0.29, 0.717) is 58.5 Å². The van der Waals surface area contributed by atoms with E-state index in [0.717, 1.165) is 16.9 Å². The summed E-state index contributed by atoms with van der Waals surface area (Å²) in [5.41, 5.74) is 3.07. The highest BCUT2D eigenvalue weighted by molar-refractivity contribution is 8.26. The molecule has 180 valence electrons. The molecule has 0 spiro atoms. The first-order chi connectivity index (χ1) is 16.3. The number of benzene rings is 2. The molecule has 1 saturated heterocycles. The number of thioether (sulfide) groups is 1. The Labute approximate surface area is 215 Å². The monoisotopic (exact) mass is 517 g/mol. The van der Waals surface area contributed by atoms with Crippen LogP contribution in [0.4, 0.5) is 0 Å². The minimum atomic E-state index is -0.145. The largest absolute Gasteiger partial charge is 0.493 e. The SMILES string of the molecule is C=CCN1C(=O)C(=Cc2cc(Cl)c(OCCCOc3cccc(C)c3C)c(OCC)c2)SC1=S. The number of carbonyl (C=O) groups is 1. The second kappa shape index (κ2) is 12.3. The quantitative estimate of drug-likeness (QED) is 0.145. The molecule has 0 atom stereocenters. The predicted octanol–water partition coefficient (Wildman–Crippen LogP) is 6.59. The van der Waals surface area contributed by atoms with E-state index in [1.807, 2.05) is 32.0 Å². The summed E-state index contributed by atoms with van der Waals surface area (Å²) in [6.07, 6.45) is 4.10. The number of aryl methyl sites for hydroxylation is 1. The van der Waals surface area contributed by atoms with Crippen LogP contribution >= 0.6 is 35.6 Å². The zero-order valence-electron chi connectivity index (χ0n) is 19.6. The van der Waals surface area contributed by atoms with Crippen molar-refractivity contribution in [3.8, 4) is 17.2 Å². The van der Waals surface area contributed by atoms with Gasteiger partial charge in [-0.25, -0.2) is 0 Å². The first kappa shape index (κ1) is 26.1. The Kier molecular flexibility index (Phi) is 9.45. The van der Waals surface area contributed by atoms with Crippen molar-refractivity contribution in [2.24, 2.45) is 0 Å². The Morgan fingerprint density at radius 2 is 1.91 bits per heavy atom. The molecule has 0 aromatic heterocycles. The minimum Gasteiger partial charge on any atom is -0.493 e. The van der Waals surface area contributed by atoms with Crippen LogP contribution in [0.15, 0.2) is 47.9 Å². The van der Waals surface area contributed by atoms with Crippen LogP contribution in [-0.2, 0) is 4.79 Å². The average molecular weight is 518 g/mol. The molecule has 34 heavy (non-hydrogen) atoms. The van der Waals surface area contributed by atoms with Crippen LogP contribution < -0.4 is 14.2 Å². The third kappa shape index (κ3) is 6.34. The smallest absolute Gasteiger partial charge is 0.266 e. The van der Waals surface area contributed by atoms with Crippen molar-refractivity contribution < 1.29 is 19.0 Å². The fourth-order valence-corrected chi connectivity index (χ4v) is 4.86. The van der Waals surface area contributed by atoms with Gasteiger partial charge < -0.3 is 14.2 Å². The zero-order chi connectivity index (χ0) is 24.7. The Bertz CT molecular complexity index is 1120. The number of ether oxygens (including phenoxy) is 3. The highest BCUT2D eigenvalue weighted by Crippen LogP contribution is 2.39. The summed E-state index contributed by atoms with van der Waals surface area (Å²) in [7, 11) is 0. The van der Waals surface area contributed by atoms with E-state index in [9.17, 15) is 4.79 Å². The summed E-state index contributed by atoms with van der Waals surface area (Å²) in [6, 6.07) is 9.59. The molecule has 2 aromatic carbocycles. The Hall–Kier alpha value is -2.48. The lowest BCUT2D eigenvalue weighted by Gasteiger charge is -2.15. The standard InChI is InChI=1S/C26H28ClNO4S2/c1-5-11-28-25(29)23(34-26(28)33)16-19-14-20(27)24(22(15-19)30-6-2)32-13-8-12-31-21-10-7-9-17(3)18(21)4/h5,7,9-10,14-16H,1,6,8,11-13H2,2-4H3. The molecular weight excluding hydrogens is 490 g/mol. The molecule has 2 aromatic rings. The van der Waals surface area contributed by atoms with Gasteiger partial charge in [-0.2, -0.15) is 0 Å². The van der Waals surface area contributed by atoms with Crippen molar-refractivity contribution in [3.05, 3.63) is 69.6 Å². The molecule has 5 nitrogen and oxygen atoms in total. The molecular formula is C26H28ClNO4S2. The molecule has 1 heterocycles. The van der Waals surface area contributed by atoms with Gasteiger partial charge in [0.1, 0.15) is 10.1 Å². The number of amides is 1. The van der Waals surface area contributed by atoms with E-state index >= 15 is 0 Å². The van der Waals surface area contributed by atoms with Crippen LogP contribution in [-0.4, -0.2) is 41.5 Å². The summed E-state index contributed by atoms with van der Waals surface area (Å²) in [6.45, 7) is 11.5. The van der Waals surface area contributed by atoms with E-state index in [-0.39, 0.29) is 5.91 Å².